The Morgan fingerprint density at radius 2 is 1.60 bits per heavy atom. The Labute approximate surface area is 205 Å². The van der Waals surface area contributed by atoms with Crippen molar-refractivity contribution in [2.45, 2.75) is 32.2 Å². The maximum atomic E-state index is 13.4. The molecule has 0 spiro atoms. The van der Waals surface area contributed by atoms with Gasteiger partial charge in [0.25, 0.3) is 11.7 Å². The Hall–Kier alpha value is -4.06. The lowest BCUT2D eigenvalue weighted by molar-refractivity contribution is -0.132. The molecule has 3 aromatic carbocycles. The highest BCUT2D eigenvalue weighted by molar-refractivity contribution is 6.51. The highest BCUT2D eigenvalue weighted by atomic mass is 16.5. The second-order valence-electron chi connectivity index (χ2n) is 9.45. The predicted molar refractivity (Wildman–Crippen MR) is 136 cm³/mol. The number of benzene rings is 3. The molecule has 35 heavy (non-hydrogen) atoms. The summed E-state index contributed by atoms with van der Waals surface area (Å²) in [6.45, 7) is 6.18. The molecule has 6 heteroatoms. The largest absolute Gasteiger partial charge is 0.507 e. The van der Waals surface area contributed by atoms with Crippen molar-refractivity contribution in [1.29, 1.82) is 0 Å². The third-order valence-corrected chi connectivity index (χ3v) is 6.21. The Balaban J connectivity index is 2.00. The lowest BCUT2D eigenvalue weighted by Crippen LogP contribution is -2.29. The molecular weight excluding hydrogens is 442 g/mol. The third kappa shape index (κ3) is 4.39. The number of Topliss-reactive ketones (excluding diaryl/α,β-unsaturated/α-hetero) is 1. The second kappa shape index (κ2) is 9.29. The number of para-hydroxylation sites is 1. The minimum Gasteiger partial charge on any atom is -0.507 e. The number of rotatable bonds is 5. The topological polar surface area (TPSA) is 76.1 Å². The first kappa shape index (κ1) is 24.1. The number of nitrogens with zero attached hydrogens (tertiary/aromatic N) is 1. The van der Waals surface area contributed by atoms with Crippen LogP contribution in [-0.4, -0.2) is 31.0 Å². The van der Waals surface area contributed by atoms with Crippen molar-refractivity contribution in [2.75, 3.05) is 19.1 Å². The number of hydrogen-bond donors (Lipinski definition) is 1. The van der Waals surface area contributed by atoms with Crippen molar-refractivity contribution in [3.8, 4) is 11.5 Å². The van der Waals surface area contributed by atoms with E-state index in [2.05, 4.69) is 20.8 Å². The minimum atomic E-state index is -0.851. The zero-order valence-electron chi connectivity index (χ0n) is 20.5. The second-order valence-corrected chi connectivity index (χ2v) is 9.45. The van der Waals surface area contributed by atoms with Gasteiger partial charge in [0, 0.05) is 5.69 Å². The molecule has 4 rings (SSSR count). The van der Waals surface area contributed by atoms with E-state index in [4.69, 9.17) is 9.47 Å². The lowest BCUT2D eigenvalue weighted by atomic mass is 9.85. The monoisotopic (exact) mass is 471 g/mol. The van der Waals surface area contributed by atoms with Crippen LogP contribution in [0.5, 0.6) is 11.5 Å². The molecule has 0 aromatic heterocycles. The minimum absolute atomic E-state index is 0.00327. The molecule has 1 amide bonds. The molecule has 180 valence electrons. The molecule has 1 fully saturated rings. The SMILES string of the molecule is COc1cccc(C2/C(=C(\O)c3cc(C(C)(C)C)ccc3OC)C(=O)C(=O)N2c2ccccc2)c1. The third-order valence-electron chi connectivity index (χ3n) is 6.21. The van der Waals surface area contributed by atoms with Crippen LogP contribution in [0.1, 0.15) is 43.5 Å². The average molecular weight is 472 g/mol. The summed E-state index contributed by atoms with van der Waals surface area (Å²) in [5, 5.41) is 11.6. The van der Waals surface area contributed by atoms with Crippen LogP contribution in [0, 0.1) is 0 Å². The first-order valence-corrected chi connectivity index (χ1v) is 11.4. The molecule has 0 radical (unpaired) electrons. The van der Waals surface area contributed by atoms with Crippen molar-refractivity contribution in [3.05, 3.63) is 95.1 Å². The van der Waals surface area contributed by atoms with Crippen LogP contribution >= 0.6 is 0 Å². The highest BCUT2D eigenvalue weighted by Crippen LogP contribution is 2.44. The van der Waals surface area contributed by atoms with Gasteiger partial charge in [0.1, 0.15) is 17.3 Å². The molecule has 1 saturated heterocycles. The lowest BCUT2D eigenvalue weighted by Gasteiger charge is -2.26. The number of aliphatic hydroxyl groups excluding tert-OH is 1. The Morgan fingerprint density at radius 3 is 2.23 bits per heavy atom. The normalized spacial score (nSPS) is 17.5. The predicted octanol–water partition coefficient (Wildman–Crippen LogP) is 5.63. The van der Waals surface area contributed by atoms with Crippen molar-refractivity contribution in [3.63, 3.8) is 0 Å². The van der Waals surface area contributed by atoms with Gasteiger partial charge in [-0.2, -0.15) is 0 Å². The molecule has 0 aliphatic carbocycles. The molecule has 6 nitrogen and oxygen atoms in total. The summed E-state index contributed by atoms with van der Waals surface area (Å²) in [5.74, 6) is -0.768. The van der Waals surface area contributed by atoms with Gasteiger partial charge in [-0.25, -0.2) is 0 Å². The zero-order chi connectivity index (χ0) is 25.3. The number of methoxy groups -OCH3 is 2. The van der Waals surface area contributed by atoms with E-state index in [0.717, 1.165) is 5.56 Å². The molecular formula is C29H29NO5. The van der Waals surface area contributed by atoms with Gasteiger partial charge in [0.2, 0.25) is 0 Å². The quantitative estimate of drug-likeness (QED) is 0.297. The molecule has 1 heterocycles. The summed E-state index contributed by atoms with van der Waals surface area (Å²) < 4.78 is 10.9. The van der Waals surface area contributed by atoms with Crippen LogP contribution in [0.3, 0.4) is 0 Å². The van der Waals surface area contributed by atoms with Gasteiger partial charge in [-0.15, -0.1) is 0 Å². The number of hydrogen-bond acceptors (Lipinski definition) is 5. The summed E-state index contributed by atoms with van der Waals surface area (Å²) in [4.78, 5) is 28.2. The van der Waals surface area contributed by atoms with E-state index in [1.54, 1.807) is 55.6 Å². The van der Waals surface area contributed by atoms with Crippen LogP contribution in [0.25, 0.3) is 5.76 Å². The fourth-order valence-electron chi connectivity index (χ4n) is 4.32. The molecule has 0 bridgehead atoms. The number of aliphatic hydroxyl groups is 1. The summed E-state index contributed by atoms with van der Waals surface area (Å²) in [6.07, 6.45) is 0. The maximum absolute atomic E-state index is 13.4. The number of carbonyl (C=O) groups is 2. The van der Waals surface area contributed by atoms with Gasteiger partial charge in [0.15, 0.2) is 0 Å². The van der Waals surface area contributed by atoms with Crippen molar-refractivity contribution >= 4 is 23.1 Å². The Bertz CT molecular complexity index is 1300. The number of ketones is 1. The van der Waals surface area contributed by atoms with E-state index < -0.39 is 17.7 Å². The molecule has 0 saturated carbocycles. The van der Waals surface area contributed by atoms with Crippen LogP contribution in [-0.2, 0) is 15.0 Å². The first-order chi connectivity index (χ1) is 16.7. The highest BCUT2D eigenvalue weighted by Gasteiger charge is 2.47. The number of ether oxygens (including phenoxy) is 2. The van der Waals surface area contributed by atoms with Crippen LogP contribution < -0.4 is 14.4 Å². The fourth-order valence-corrected chi connectivity index (χ4v) is 4.32. The summed E-state index contributed by atoms with van der Waals surface area (Å²) in [6, 6.07) is 20.8. The summed E-state index contributed by atoms with van der Waals surface area (Å²) in [7, 11) is 3.06. The van der Waals surface area contributed by atoms with E-state index in [1.165, 1.54) is 12.0 Å². The van der Waals surface area contributed by atoms with E-state index >= 15 is 0 Å². The van der Waals surface area contributed by atoms with Crippen LogP contribution in [0.2, 0.25) is 0 Å². The summed E-state index contributed by atoms with van der Waals surface area (Å²) in [5.41, 5.74) is 2.30. The van der Waals surface area contributed by atoms with E-state index in [1.807, 2.05) is 24.3 Å². The fraction of sp³-hybridized carbons (Fsp3) is 0.241. The number of anilines is 1. The first-order valence-electron chi connectivity index (χ1n) is 11.4. The van der Waals surface area contributed by atoms with Gasteiger partial charge in [-0.1, -0.05) is 57.2 Å². The van der Waals surface area contributed by atoms with E-state index in [9.17, 15) is 14.7 Å². The zero-order valence-corrected chi connectivity index (χ0v) is 20.5. The molecule has 1 unspecified atom stereocenters. The van der Waals surface area contributed by atoms with Crippen molar-refractivity contribution in [2.24, 2.45) is 0 Å². The number of amides is 1. The van der Waals surface area contributed by atoms with Gasteiger partial charge in [-0.3, -0.25) is 14.5 Å². The van der Waals surface area contributed by atoms with E-state index in [0.29, 0.717) is 28.3 Å². The number of carbonyl (C=O) groups excluding carboxylic acids is 2. The summed E-state index contributed by atoms with van der Waals surface area (Å²) >= 11 is 0. The molecule has 1 N–H and O–H groups in total. The van der Waals surface area contributed by atoms with Gasteiger partial charge in [-0.05, 0) is 52.9 Å². The van der Waals surface area contributed by atoms with Crippen LogP contribution in [0.15, 0.2) is 78.4 Å². The molecule has 3 aromatic rings. The van der Waals surface area contributed by atoms with Crippen molar-refractivity contribution < 1.29 is 24.2 Å². The smallest absolute Gasteiger partial charge is 0.300 e. The Morgan fingerprint density at radius 1 is 0.886 bits per heavy atom. The maximum Gasteiger partial charge on any atom is 0.300 e. The van der Waals surface area contributed by atoms with E-state index in [-0.39, 0.29) is 16.7 Å². The van der Waals surface area contributed by atoms with Crippen molar-refractivity contribution in [1.82, 2.24) is 0 Å². The van der Waals surface area contributed by atoms with Gasteiger partial charge < -0.3 is 14.6 Å². The standard InChI is InChI=1S/C29H29NO5/c1-29(2,3)19-14-15-23(35-5)22(17-19)26(31)24-25(18-10-9-13-21(16-18)34-4)30(28(33)27(24)32)20-11-7-6-8-12-20/h6-17,25,31H,1-5H3/b26-24+. The molecule has 1 aliphatic heterocycles. The molecule has 1 atom stereocenters. The van der Waals surface area contributed by atoms with Gasteiger partial charge in [0.05, 0.1) is 31.4 Å². The van der Waals surface area contributed by atoms with Crippen LogP contribution in [0.4, 0.5) is 5.69 Å². The molecule has 1 aliphatic rings. The average Bonchev–Trinajstić information content (AvgIpc) is 3.13. The van der Waals surface area contributed by atoms with Gasteiger partial charge >= 0.3 is 0 Å². The Kier molecular flexibility index (Phi) is 6.39.